The molecule has 0 bridgehead atoms. The highest BCUT2D eigenvalue weighted by Gasteiger charge is 2.12. The van der Waals surface area contributed by atoms with Gasteiger partial charge in [-0.15, -0.1) is 10.2 Å². The van der Waals surface area contributed by atoms with Gasteiger partial charge in [0, 0.05) is 18.4 Å². The number of carbonyl (C=O) groups is 1. The number of amides is 1. The van der Waals surface area contributed by atoms with Gasteiger partial charge in [-0.1, -0.05) is 36.0 Å². The number of thioether (sulfide) groups is 1. The van der Waals surface area contributed by atoms with Gasteiger partial charge in [-0.05, 0) is 66.6 Å². The lowest BCUT2D eigenvalue weighted by Gasteiger charge is -2.06. The van der Waals surface area contributed by atoms with Crippen LogP contribution >= 0.6 is 11.8 Å². The number of hydrazone groups is 1. The molecule has 0 saturated carbocycles. The first kappa shape index (κ1) is 19.4. The van der Waals surface area contributed by atoms with Gasteiger partial charge in [-0.25, -0.2) is 5.43 Å². The highest BCUT2D eigenvalue weighted by molar-refractivity contribution is 7.98. The first-order chi connectivity index (χ1) is 14.1. The Hall–Kier alpha value is -2.93. The Kier molecular flexibility index (Phi) is 5.76. The second kappa shape index (κ2) is 8.61. The Balaban J connectivity index is 1.35. The van der Waals surface area contributed by atoms with Gasteiger partial charge in [-0.3, -0.25) is 4.79 Å². The number of hydrogen-bond acceptors (Lipinski definition) is 5. The summed E-state index contributed by atoms with van der Waals surface area (Å²) in [6, 6.07) is 14.0. The van der Waals surface area contributed by atoms with E-state index in [0.29, 0.717) is 5.56 Å². The highest BCUT2D eigenvalue weighted by Crippen LogP contribution is 2.23. The molecule has 1 N–H and O–H groups in total. The topological polar surface area (TPSA) is 72.2 Å². The van der Waals surface area contributed by atoms with Crippen molar-refractivity contribution in [3.63, 3.8) is 0 Å². The maximum absolute atomic E-state index is 12.4. The van der Waals surface area contributed by atoms with Crippen LogP contribution < -0.4 is 5.43 Å². The molecule has 2 aromatic carbocycles. The maximum atomic E-state index is 12.4. The van der Waals surface area contributed by atoms with Crippen LogP contribution in [0.5, 0.6) is 0 Å². The second-order valence-corrected chi connectivity index (χ2v) is 8.13. The van der Waals surface area contributed by atoms with Crippen molar-refractivity contribution in [3.05, 3.63) is 76.6 Å². The van der Waals surface area contributed by atoms with Crippen molar-refractivity contribution in [1.29, 1.82) is 0 Å². The monoisotopic (exact) mass is 405 g/mol. The average molecular weight is 406 g/mol. The van der Waals surface area contributed by atoms with Gasteiger partial charge in [-0.2, -0.15) is 5.10 Å². The largest absolute Gasteiger partial charge is 0.312 e. The minimum atomic E-state index is -0.210. The number of nitrogens with one attached hydrogen (secondary N) is 1. The number of carbonyl (C=O) groups excluding carboxylic acids is 1. The van der Waals surface area contributed by atoms with E-state index in [1.807, 2.05) is 42.8 Å². The van der Waals surface area contributed by atoms with Crippen molar-refractivity contribution < 1.29 is 4.79 Å². The summed E-state index contributed by atoms with van der Waals surface area (Å²) < 4.78 is 1.88. The van der Waals surface area contributed by atoms with Crippen molar-refractivity contribution in [1.82, 2.24) is 20.2 Å². The Bertz CT molecular complexity index is 1060. The van der Waals surface area contributed by atoms with Gasteiger partial charge in [0.25, 0.3) is 5.91 Å². The zero-order valence-corrected chi connectivity index (χ0v) is 17.4. The standard InChI is InChI=1S/C22H23N5OS/c1-15(19-11-10-17-4-3-5-20(17)12-19)24-25-21(28)18-8-6-16(7-9-18)13-29-22-26-23-14-27(22)2/h6-12,14H,3-5,13H2,1-2H3,(H,25,28)/b24-15-. The summed E-state index contributed by atoms with van der Waals surface area (Å²) in [5.41, 5.74) is 9.07. The van der Waals surface area contributed by atoms with Gasteiger partial charge in [0.05, 0.1) is 5.71 Å². The van der Waals surface area contributed by atoms with E-state index in [0.717, 1.165) is 40.6 Å². The van der Waals surface area contributed by atoms with Crippen LogP contribution in [0.15, 0.2) is 59.0 Å². The first-order valence-electron chi connectivity index (χ1n) is 9.63. The van der Waals surface area contributed by atoms with Crippen molar-refractivity contribution in [2.75, 3.05) is 0 Å². The molecule has 7 heteroatoms. The number of nitrogens with zero attached hydrogens (tertiary/aromatic N) is 4. The number of hydrogen-bond donors (Lipinski definition) is 1. The maximum Gasteiger partial charge on any atom is 0.271 e. The van der Waals surface area contributed by atoms with E-state index in [-0.39, 0.29) is 5.91 Å². The average Bonchev–Trinajstić information content (AvgIpc) is 3.38. The molecule has 1 heterocycles. The fourth-order valence-corrected chi connectivity index (χ4v) is 4.21. The van der Waals surface area contributed by atoms with Gasteiger partial charge in [0.15, 0.2) is 5.16 Å². The van der Waals surface area contributed by atoms with E-state index in [4.69, 9.17) is 0 Å². The summed E-state index contributed by atoms with van der Waals surface area (Å²) in [4.78, 5) is 12.4. The van der Waals surface area contributed by atoms with Crippen LogP contribution in [0, 0.1) is 0 Å². The third-order valence-electron chi connectivity index (χ3n) is 5.10. The lowest BCUT2D eigenvalue weighted by Crippen LogP contribution is -2.19. The van der Waals surface area contributed by atoms with Crippen LogP contribution in [0.25, 0.3) is 0 Å². The molecule has 1 aliphatic rings. The van der Waals surface area contributed by atoms with E-state index in [2.05, 4.69) is 38.9 Å². The summed E-state index contributed by atoms with van der Waals surface area (Å²) in [5.74, 6) is 0.558. The minimum absolute atomic E-state index is 0.210. The number of aryl methyl sites for hydroxylation is 3. The molecular weight excluding hydrogens is 382 g/mol. The molecule has 29 heavy (non-hydrogen) atoms. The molecule has 0 spiro atoms. The third kappa shape index (κ3) is 4.56. The molecular formula is C22H23N5OS. The Morgan fingerprint density at radius 1 is 1.14 bits per heavy atom. The molecule has 4 rings (SSSR count). The molecule has 0 aliphatic heterocycles. The molecule has 0 saturated heterocycles. The molecule has 148 valence electrons. The predicted molar refractivity (Wildman–Crippen MR) is 115 cm³/mol. The van der Waals surface area contributed by atoms with E-state index in [9.17, 15) is 4.79 Å². The molecule has 0 atom stereocenters. The van der Waals surface area contributed by atoms with Gasteiger partial charge < -0.3 is 4.57 Å². The van der Waals surface area contributed by atoms with E-state index in [1.54, 1.807) is 18.1 Å². The quantitative estimate of drug-likeness (QED) is 0.385. The molecule has 1 aliphatic carbocycles. The summed E-state index contributed by atoms with van der Waals surface area (Å²) in [7, 11) is 1.92. The van der Waals surface area contributed by atoms with E-state index < -0.39 is 0 Å². The lowest BCUT2D eigenvalue weighted by atomic mass is 10.0. The Labute approximate surface area is 174 Å². The minimum Gasteiger partial charge on any atom is -0.312 e. The number of rotatable bonds is 6. The summed E-state index contributed by atoms with van der Waals surface area (Å²) >= 11 is 1.61. The van der Waals surface area contributed by atoms with E-state index in [1.165, 1.54) is 17.5 Å². The van der Waals surface area contributed by atoms with Crippen LogP contribution in [-0.4, -0.2) is 26.4 Å². The summed E-state index contributed by atoms with van der Waals surface area (Å²) in [5, 5.41) is 13.1. The highest BCUT2D eigenvalue weighted by atomic mass is 32.2. The number of benzene rings is 2. The summed E-state index contributed by atoms with van der Waals surface area (Å²) in [6.45, 7) is 1.92. The van der Waals surface area contributed by atoms with Gasteiger partial charge in [0.1, 0.15) is 6.33 Å². The van der Waals surface area contributed by atoms with Crippen LogP contribution in [0.4, 0.5) is 0 Å². The van der Waals surface area contributed by atoms with E-state index >= 15 is 0 Å². The SMILES string of the molecule is C/C(=N/NC(=O)c1ccc(CSc2nncn2C)cc1)c1ccc2c(c1)CCC2. The molecule has 1 aromatic heterocycles. The van der Waals surface area contributed by atoms with Gasteiger partial charge in [0.2, 0.25) is 0 Å². The molecule has 0 fully saturated rings. The first-order valence-corrected chi connectivity index (χ1v) is 10.6. The zero-order valence-electron chi connectivity index (χ0n) is 16.6. The fraction of sp³-hybridized carbons (Fsp3) is 0.273. The Morgan fingerprint density at radius 3 is 2.66 bits per heavy atom. The van der Waals surface area contributed by atoms with Crippen LogP contribution in [0.1, 0.15) is 46.0 Å². The molecule has 0 radical (unpaired) electrons. The van der Waals surface area contributed by atoms with Crippen molar-refractivity contribution >= 4 is 23.4 Å². The number of aromatic nitrogens is 3. The molecule has 0 unspecified atom stereocenters. The Morgan fingerprint density at radius 2 is 1.90 bits per heavy atom. The lowest BCUT2D eigenvalue weighted by molar-refractivity contribution is 0.0955. The summed E-state index contributed by atoms with van der Waals surface area (Å²) in [6.07, 6.45) is 5.19. The predicted octanol–water partition coefficient (Wildman–Crippen LogP) is 3.75. The van der Waals surface area contributed by atoms with Crippen molar-refractivity contribution in [2.45, 2.75) is 37.1 Å². The fourth-order valence-electron chi connectivity index (χ4n) is 3.36. The van der Waals surface area contributed by atoms with Crippen LogP contribution in [-0.2, 0) is 25.6 Å². The smallest absolute Gasteiger partial charge is 0.271 e. The number of fused-ring (bicyclic) bond motifs is 1. The molecule has 6 nitrogen and oxygen atoms in total. The van der Waals surface area contributed by atoms with Gasteiger partial charge >= 0.3 is 0 Å². The third-order valence-corrected chi connectivity index (χ3v) is 6.20. The van der Waals surface area contributed by atoms with Crippen LogP contribution in [0.2, 0.25) is 0 Å². The van der Waals surface area contributed by atoms with Crippen molar-refractivity contribution in [3.8, 4) is 0 Å². The van der Waals surface area contributed by atoms with Crippen molar-refractivity contribution in [2.24, 2.45) is 12.1 Å². The normalized spacial score (nSPS) is 13.4. The molecule has 1 amide bonds. The second-order valence-electron chi connectivity index (χ2n) is 7.19. The molecule has 3 aromatic rings. The van der Waals surface area contributed by atoms with Crippen LogP contribution in [0.3, 0.4) is 0 Å². The zero-order chi connectivity index (χ0) is 20.2.